The van der Waals surface area contributed by atoms with E-state index in [0.29, 0.717) is 37.9 Å². The van der Waals surface area contributed by atoms with E-state index in [1.807, 2.05) is 28.9 Å². The lowest BCUT2D eigenvalue weighted by Gasteiger charge is -2.33. The number of carbonyl (C=O) groups excluding carboxylic acids is 1. The molecule has 5 rings (SSSR count). The van der Waals surface area contributed by atoms with Crippen LogP contribution in [-0.4, -0.2) is 69.6 Å². The number of piperazine rings is 1. The smallest absolute Gasteiger partial charge is 0.453 e. The first-order chi connectivity index (χ1) is 16.8. The van der Waals surface area contributed by atoms with Crippen molar-refractivity contribution in [2.24, 2.45) is 0 Å². The van der Waals surface area contributed by atoms with Crippen molar-refractivity contribution in [3.63, 3.8) is 0 Å². The standard InChI is InChI=1S/C23H26F3N7O2/c1-15(32-13-10-27-21(34)14-32)35-18-4-2-16(3-5-18)17-8-11-31(12-9-17)20-7-6-19-28-29-22(23(24,25)26)33(19)30-20/h2-7,15,17H,8-14H2,1H3,(H,27,34). The van der Waals surface area contributed by atoms with E-state index in [9.17, 15) is 18.0 Å². The van der Waals surface area contributed by atoms with Crippen molar-refractivity contribution >= 4 is 17.4 Å². The van der Waals surface area contributed by atoms with E-state index in [0.717, 1.165) is 29.7 Å². The van der Waals surface area contributed by atoms with Gasteiger partial charge in [0.2, 0.25) is 5.91 Å². The molecule has 0 saturated carbocycles. The molecule has 1 atom stereocenters. The molecular formula is C23H26F3N7O2. The minimum atomic E-state index is -4.62. The summed E-state index contributed by atoms with van der Waals surface area (Å²) in [5, 5.41) is 13.8. The maximum Gasteiger partial charge on any atom is 0.453 e. The molecule has 2 aromatic heterocycles. The Morgan fingerprint density at radius 2 is 1.80 bits per heavy atom. The molecule has 35 heavy (non-hydrogen) atoms. The maximum atomic E-state index is 13.2. The van der Waals surface area contributed by atoms with E-state index in [4.69, 9.17) is 4.74 Å². The molecule has 12 heteroatoms. The minimum Gasteiger partial charge on any atom is -0.475 e. The van der Waals surface area contributed by atoms with Gasteiger partial charge in [0.25, 0.3) is 5.82 Å². The Labute approximate surface area is 199 Å². The highest BCUT2D eigenvalue weighted by molar-refractivity contribution is 5.78. The molecule has 9 nitrogen and oxygen atoms in total. The molecule has 0 spiro atoms. The van der Waals surface area contributed by atoms with E-state index in [1.165, 1.54) is 11.6 Å². The zero-order valence-electron chi connectivity index (χ0n) is 19.2. The van der Waals surface area contributed by atoms with E-state index >= 15 is 0 Å². The quantitative estimate of drug-likeness (QED) is 0.590. The van der Waals surface area contributed by atoms with E-state index in [2.05, 4.69) is 32.7 Å². The SMILES string of the molecule is CC(Oc1ccc(C2CCN(c3ccc4nnc(C(F)(F)F)n4n3)CC2)cc1)N1CCNC(=O)C1. The Morgan fingerprint density at radius 1 is 1.06 bits per heavy atom. The fourth-order valence-electron chi connectivity index (χ4n) is 4.63. The number of benzene rings is 1. The number of nitrogens with zero attached hydrogens (tertiary/aromatic N) is 6. The molecular weight excluding hydrogens is 463 g/mol. The first kappa shape index (κ1) is 23.3. The second-order valence-corrected chi connectivity index (χ2v) is 8.85. The predicted octanol–water partition coefficient (Wildman–Crippen LogP) is 2.68. The van der Waals surface area contributed by atoms with Crippen molar-refractivity contribution in [3.8, 4) is 5.75 Å². The largest absolute Gasteiger partial charge is 0.475 e. The molecule has 1 unspecified atom stereocenters. The monoisotopic (exact) mass is 489 g/mol. The first-order valence-electron chi connectivity index (χ1n) is 11.6. The Kier molecular flexibility index (Phi) is 6.22. The van der Waals surface area contributed by atoms with Crippen LogP contribution in [0.5, 0.6) is 5.75 Å². The van der Waals surface area contributed by atoms with Crippen LogP contribution in [0.25, 0.3) is 5.65 Å². The summed E-state index contributed by atoms with van der Waals surface area (Å²) in [6.45, 7) is 4.99. The Balaban J connectivity index is 1.19. The average molecular weight is 490 g/mol. The van der Waals surface area contributed by atoms with Crippen molar-refractivity contribution in [2.45, 2.75) is 38.1 Å². The molecule has 2 aliphatic rings. The lowest BCUT2D eigenvalue weighted by atomic mass is 9.89. The summed E-state index contributed by atoms with van der Waals surface area (Å²) in [5.41, 5.74) is 1.26. The van der Waals surface area contributed by atoms with Gasteiger partial charge >= 0.3 is 6.18 Å². The first-order valence-corrected chi connectivity index (χ1v) is 11.6. The summed E-state index contributed by atoms with van der Waals surface area (Å²) in [4.78, 5) is 15.6. The summed E-state index contributed by atoms with van der Waals surface area (Å²) in [5.74, 6) is 0.449. The minimum absolute atomic E-state index is 0.00555. The zero-order chi connectivity index (χ0) is 24.6. The number of rotatable bonds is 5. The number of anilines is 1. The van der Waals surface area contributed by atoms with Crippen LogP contribution in [0.3, 0.4) is 0 Å². The Bertz CT molecular complexity index is 1190. The molecule has 2 saturated heterocycles. The maximum absolute atomic E-state index is 13.2. The van der Waals surface area contributed by atoms with Crippen molar-refractivity contribution in [1.29, 1.82) is 0 Å². The molecule has 2 aliphatic heterocycles. The van der Waals surface area contributed by atoms with Gasteiger partial charge in [0.15, 0.2) is 5.65 Å². The van der Waals surface area contributed by atoms with Crippen molar-refractivity contribution < 1.29 is 22.7 Å². The summed E-state index contributed by atoms with van der Waals surface area (Å²) < 4.78 is 46.3. The van der Waals surface area contributed by atoms with Gasteiger partial charge in [-0.15, -0.1) is 15.3 Å². The van der Waals surface area contributed by atoms with Gasteiger partial charge in [-0.1, -0.05) is 12.1 Å². The molecule has 186 valence electrons. The third-order valence-electron chi connectivity index (χ3n) is 6.56. The number of hydrogen-bond acceptors (Lipinski definition) is 7. The summed E-state index contributed by atoms with van der Waals surface area (Å²) in [6, 6.07) is 11.2. The number of carbonyl (C=O) groups is 1. The number of piperidine rings is 1. The van der Waals surface area contributed by atoms with Gasteiger partial charge < -0.3 is 15.0 Å². The summed E-state index contributed by atoms with van der Waals surface area (Å²) in [6.07, 6.45) is -3.11. The van der Waals surface area contributed by atoms with Gasteiger partial charge in [-0.25, -0.2) is 0 Å². The van der Waals surface area contributed by atoms with Crippen LogP contribution < -0.4 is 15.0 Å². The second kappa shape index (κ2) is 9.33. The molecule has 1 N–H and O–H groups in total. The van der Waals surface area contributed by atoms with Crippen LogP contribution in [-0.2, 0) is 11.0 Å². The van der Waals surface area contributed by atoms with Crippen LogP contribution in [0.1, 0.15) is 37.1 Å². The number of alkyl halides is 3. The van der Waals surface area contributed by atoms with Crippen LogP contribution >= 0.6 is 0 Å². The third kappa shape index (κ3) is 5.02. The molecule has 3 aromatic rings. The lowest BCUT2D eigenvalue weighted by Crippen LogP contribution is -2.52. The zero-order valence-corrected chi connectivity index (χ0v) is 19.2. The van der Waals surface area contributed by atoms with E-state index in [1.54, 1.807) is 6.07 Å². The number of amides is 1. The van der Waals surface area contributed by atoms with E-state index in [-0.39, 0.29) is 17.8 Å². The highest BCUT2D eigenvalue weighted by atomic mass is 19.4. The molecule has 0 aliphatic carbocycles. The van der Waals surface area contributed by atoms with Gasteiger partial charge in [0.1, 0.15) is 17.8 Å². The normalized spacial score (nSPS) is 19.1. The Hall–Kier alpha value is -3.41. The third-order valence-corrected chi connectivity index (χ3v) is 6.56. The molecule has 0 bridgehead atoms. The lowest BCUT2D eigenvalue weighted by molar-refractivity contribution is -0.146. The van der Waals surface area contributed by atoms with E-state index < -0.39 is 12.0 Å². The van der Waals surface area contributed by atoms with Gasteiger partial charge in [-0.2, -0.15) is 17.7 Å². The number of ether oxygens (including phenoxy) is 1. The van der Waals surface area contributed by atoms with Crippen molar-refractivity contribution in [1.82, 2.24) is 30.0 Å². The van der Waals surface area contributed by atoms with Gasteiger partial charge in [-0.3, -0.25) is 9.69 Å². The predicted molar refractivity (Wildman–Crippen MR) is 121 cm³/mol. The number of fused-ring (bicyclic) bond motifs is 1. The summed E-state index contributed by atoms with van der Waals surface area (Å²) in [7, 11) is 0. The number of nitrogens with one attached hydrogen (secondary N) is 1. The summed E-state index contributed by atoms with van der Waals surface area (Å²) >= 11 is 0. The van der Waals surface area contributed by atoms with Crippen LogP contribution in [0, 0.1) is 0 Å². The number of hydrogen-bond donors (Lipinski definition) is 1. The Morgan fingerprint density at radius 3 is 2.49 bits per heavy atom. The van der Waals surface area contributed by atoms with Crippen LogP contribution in [0.2, 0.25) is 0 Å². The molecule has 1 aromatic carbocycles. The highest BCUT2D eigenvalue weighted by Crippen LogP contribution is 2.32. The van der Waals surface area contributed by atoms with Crippen molar-refractivity contribution in [3.05, 3.63) is 47.8 Å². The van der Waals surface area contributed by atoms with Crippen LogP contribution in [0.15, 0.2) is 36.4 Å². The van der Waals surface area contributed by atoms with Gasteiger partial charge in [0.05, 0.1) is 6.54 Å². The molecule has 0 radical (unpaired) electrons. The molecule has 2 fully saturated rings. The fourth-order valence-corrected chi connectivity index (χ4v) is 4.63. The highest BCUT2D eigenvalue weighted by Gasteiger charge is 2.38. The second-order valence-electron chi connectivity index (χ2n) is 8.85. The van der Waals surface area contributed by atoms with Crippen LogP contribution in [0.4, 0.5) is 19.0 Å². The number of aromatic nitrogens is 4. The van der Waals surface area contributed by atoms with Gasteiger partial charge in [-0.05, 0) is 55.5 Å². The average Bonchev–Trinajstić information content (AvgIpc) is 3.29. The topological polar surface area (TPSA) is 87.9 Å². The molecule has 1 amide bonds. The van der Waals surface area contributed by atoms with Gasteiger partial charge in [0, 0.05) is 26.2 Å². The molecule has 4 heterocycles. The number of halogens is 3. The van der Waals surface area contributed by atoms with Crippen molar-refractivity contribution in [2.75, 3.05) is 37.6 Å². The fraction of sp³-hybridized carbons (Fsp3) is 0.478.